The Morgan fingerprint density at radius 1 is 0.714 bits per heavy atom. The van der Waals surface area contributed by atoms with Gasteiger partial charge in [0, 0.05) is 6.42 Å². The number of primary amides is 1. The monoisotopic (exact) mass is 806 g/mol. The van der Waals surface area contributed by atoms with Gasteiger partial charge in [0.05, 0.1) is 0 Å². The lowest BCUT2D eigenvalue weighted by Crippen LogP contribution is -2.60. The molecule has 0 saturated carbocycles. The van der Waals surface area contributed by atoms with Gasteiger partial charge in [0.15, 0.2) is 0 Å². The number of benzene rings is 1. The fourth-order valence-corrected chi connectivity index (χ4v) is 5.94. The minimum absolute atomic E-state index is 0.00650. The number of amides is 6. The lowest BCUT2D eigenvalue weighted by Gasteiger charge is -2.30. The molecule has 0 aliphatic heterocycles. The lowest BCUT2D eigenvalue weighted by molar-refractivity contribution is -0.145. The molecule has 0 spiro atoms. The number of carbonyl (C=O) groups excluding carboxylic acids is 7. The van der Waals surface area contributed by atoms with Crippen LogP contribution in [0.4, 0.5) is 4.79 Å². The van der Waals surface area contributed by atoms with E-state index in [1.807, 2.05) is 52.1 Å². The second-order valence-electron chi connectivity index (χ2n) is 15.6. The van der Waals surface area contributed by atoms with E-state index in [9.17, 15) is 33.6 Å². The molecule has 7 unspecified atom stereocenters. The van der Waals surface area contributed by atoms with Gasteiger partial charge in [-0.15, -0.1) is 0 Å². The molecule has 1 rings (SSSR count). The second-order valence-corrected chi connectivity index (χ2v) is 16.5. The van der Waals surface area contributed by atoms with Gasteiger partial charge in [-0.2, -0.15) is 11.8 Å². The highest BCUT2D eigenvalue weighted by Gasteiger charge is 2.35. The molecule has 7 atom stereocenters. The van der Waals surface area contributed by atoms with Gasteiger partial charge in [0.1, 0.15) is 42.4 Å². The summed E-state index contributed by atoms with van der Waals surface area (Å²) in [4.78, 5) is 93.0. The van der Waals surface area contributed by atoms with Crippen molar-refractivity contribution in [3.05, 3.63) is 35.9 Å². The first-order valence-corrected chi connectivity index (χ1v) is 20.8. The SMILES string of the molecule is CCC(C)C(NC(=O)C(NC(=O)C(CCC(=O)OCc1ccccc1)NC(=O)C(CCSC)NC(=O)C(CC(C)C)NC(=O)OC(C)(C)C)C(C)CC)C(N)=O. The van der Waals surface area contributed by atoms with Crippen molar-refractivity contribution in [1.29, 1.82) is 0 Å². The summed E-state index contributed by atoms with van der Waals surface area (Å²) in [5.41, 5.74) is 5.56. The van der Waals surface area contributed by atoms with Crippen LogP contribution >= 0.6 is 11.8 Å². The van der Waals surface area contributed by atoms with Gasteiger partial charge in [-0.1, -0.05) is 84.7 Å². The van der Waals surface area contributed by atoms with Crippen LogP contribution in [-0.4, -0.2) is 89.4 Å². The number of nitrogens with two attached hydrogens (primary N) is 1. The van der Waals surface area contributed by atoms with Crippen molar-refractivity contribution in [1.82, 2.24) is 26.6 Å². The molecule has 0 heterocycles. The van der Waals surface area contributed by atoms with Gasteiger partial charge < -0.3 is 41.8 Å². The van der Waals surface area contributed by atoms with Gasteiger partial charge in [0.2, 0.25) is 29.5 Å². The van der Waals surface area contributed by atoms with Crippen molar-refractivity contribution in [3.8, 4) is 0 Å². The van der Waals surface area contributed by atoms with Gasteiger partial charge in [0.25, 0.3) is 0 Å². The molecular formula is C40H66N6O9S. The Labute approximate surface area is 336 Å². The van der Waals surface area contributed by atoms with Crippen LogP contribution in [0.5, 0.6) is 0 Å². The van der Waals surface area contributed by atoms with E-state index in [4.69, 9.17) is 15.2 Å². The number of ether oxygens (including phenoxy) is 2. The Kier molecular flexibility index (Phi) is 22.2. The second kappa shape index (κ2) is 25.0. The molecule has 6 amide bonds. The maximum absolute atomic E-state index is 14.0. The van der Waals surface area contributed by atoms with Crippen molar-refractivity contribution in [2.24, 2.45) is 23.5 Å². The Morgan fingerprint density at radius 2 is 1.23 bits per heavy atom. The molecule has 7 N–H and O–H groups in total. The third-order valence-corrected chi connectivity index (χ3v) is 9.73. The highest BCUT2D eigenvalue weighted by atomic mass is 32.2. The summed E-state index contributed by atoms with van der Waals surface area (Å²) in [6.07, 6.45) is 2.06. The van der Waals surface area contributed by atoms with Crippen LogP contribution in [0, 0.1) is 17.8 Å². The van der Waals surface area contributed by atoms with Crippen LogP contribution in [0.15, 0.2) is 30.3 Å². The summed E-state index contributed by atoms with van der Waals surface area (Å²) < 4.78 is 10.8. The van der Waals surface area contributed by atoms with E-state index in [0.717, 1.165) is 5.56 Å². The maximum atomic E-state index is 14.0. The normalized spacial score (nSPS) is 15.1. The van der Waals surface area contributed by atoms with E-state index in [0.29, 0.717) is 18.6 Å². The minimum atomic E-state index is -1.34. The summed E-state index contributed by atoms with van der Waals surface area (Å²) in [5.74, 6) is -4.25. The summed E-state index contributed by atoms with van der Waals surface area (Å²) in [6, 6.07) is 3.45. The molecule has 56 heavy (non-hydrogen) atoms. The predicted octanol–water partition coefficient (Wildman–Crippen LogP) is 3.72. The van der Waals surface area contributed by atoms with Crippen LogP contribution in [0.1, 0.15) is 106 Å². The smallest absolute Gasteiger partial charge is 0.408 e. The zero-order chi connectivity index (χ0) is 42.6. The van der Waals surface area contributed by atoms with E-state index >= 15 is 0 Å². The standard InChI is InChI=1S/C40H66N6O9S/c1-11-25(5)32(34(41)48)45-38(52)33(26(6)12-2)46-36(50)28(18-19-31(47)54-23-27-16-14-13-15-17-27)42-35(49)29(20-21-56-10)43-37(51)30(22-24(3)4)44-39(53)55-40(7,8)9/h13-17,24-26,28-30,32-33H,11-12,18-23H2,1-10H3,(H2,41,48)(H,42,49)(H,43,51)(H,44,53)(H,45,52)(H,46,50). The third-order valence-electron chi connectivity index (χ3n) is 9.08. The largest absolute Gasteiger partial charge is 0.461 e. The molecule has 0 aliphatic rings. The van der Waals surface area contributed by atoms with E-state index in [1.165, 1.54) is 11.8 Å². The van der Waals surface area contributed by atoms with E-state index in [1.54, 1.807) is 46.8 Å². The van der Waals surface area contributed by atoms with Crippen LogP contribution < -0.4 is 32.3 Å². The van der Waals surface area contributed by atoms with E-state index in [-0.39, 0.29) is 44.1 Å². The summed E-state index contributed by atoms with van der Waals surface area (Å²) in [5, 5.41) is 13.5. The topological polar surface area (TPSA) is 224 Å². The molecule has 316 valence electrons. The van der Waals surface area contributed by atoms with Crippen molar-refractivity contribution < 1.29 is 43.0 Å². The summed E-state index contributed by atoms with van der Waals surface area (Å²) in [6.45, 7) is 16.1. The quantitative estimate of drug-likeness (QED) is 0.0831. The number of esters is 1. The van der Waals surface area contributed by atoms with Crippen molar-refractivity contribution in [2.45, 2.75) is 143 Å². The molecule has 0 saturated heterocycles. The predicted molar refractivity (Wildman–Crippen MR) is 217 cm³/mol. The Bertz CT molecular complexity index is 1440. The molecule has 1 aromatic rings. The highest BCUT2D eigenvalue weighted by Crippen LogP contribution is 2.15. The molecule has 0 fully saturated rings. The maximum Gasteiger partial charge on any atom is 0.408 e. The zero-order valence-corrected chi connectivity index (χ0v) is 35.6. The zero-order valence-electron chi connectivity index (χ0n) is 34.8. The fraction of sp³-hybridized carbons (Fsp3) is 0.675. The van der Waals surface area contributed by atoms with Crippen LogP contribution in [0.2, 0.25) is 0 Å². The van der Waals surface area contributed by atoms with Crippen molar-refractivity contribution in [3.63, 3.8) is 0 Å². The number of rotatable bonds is 24. The Hall–Kier alpha value is -4.34. The number of nitrogens with one attached hydrogen (secondary N) is 5. The van der Waals surface area contributed by atoms with Crippen molar-refractivity contribution in [2.75, 3.05) is 12.0 Å². The number of hydrogen-bond donors (Lipinski definition) is 6. The van der Waals surface area contributed by atoms with Crippen LogP contribution in [0.25, 0.3) is 0 Å². The van der Waals surface area contributed by atoms with Gasteiger partial charge in [-0.05, 0) is 75.4 Å². The number of thioether (sulfide) groups is 1. The highest BCUT2D eigenvalue weighted by molar-refractivity contribution is 7.98. The molecular weight excluding hydrogens is 741 g/mol. The lowest BCUT2D eigenvalue weighted by atomic mass is 9.94. The van der Waals surface area contributed by atoms with Crippen LogP contribution in [0.3, 0.4) is 0 Å². The van der Waals surface area contributed by atoms with E-state index in [2.05, 4.69) is 26.6 Å². The van der Waals surface area contributed by atoms with E-state index < -0.39 is 83.3 Å². The van der Waals surface area contributed by atoms with Gasteiger partial charge >= 0.3 is 12.1 Å². The van der Waals surface area contributed by atoms with Gasteiger partial charge in [-0.3, -0.25) is 28.8 Å². The first kappa shape index (κ1) is 49.7. The summed E-state index contributed by atoms with van der Waals surface area (Å²) in [7, 11) is 0. The van der Waals surface area contributed by atoms with Gasteiger partial charge in [-0.25, -0.2) is 4.79 Å². The van der Waals surface area contributed by atoms with Crippen molar-refractivity contribution >= 4 is 53.4 Å². The Morgan fingerprint density at radius 3 is 1.75 bits per heavy atom. The molecule has 0 bridgehead atoms. The average Bonchev–Trinajstić information content (AvgIpc) is 3.13. The molecule has 0 radical (unpaired) electrons. The average molecular weight is 807 g/mol. The number of alkyl carbamates (subject to hydrolysis) is 1. The molecule has 1 aromatic carbocycles. The first-order chi connectivity index (χ1) is 26.2. The first-order valence-electron chi connectivity index (χ1n) is 19.4. The number of hydrogen-bond acceptors (Lipinski definition) is 10. The summed E-state index contributed by atoms with van der Waals surface area (Å²) >= 11 is 1.44. The number of carbonyl (C=O) groups is 7. The Balaban J connectivity index is 3.40. The molecule has 15 nitrogen and oxygen atoms in total. The molecule has 0 aromatic heterocycles. The molecule has 16 heteroatoms. The molecule has 0 aliphatic carbocycles. The fourth-order valence-electron chi connectivity index (χ4n) is 5.47. The minimum Gasteiger partial charge on any atom is -0.461 e. The third kappa shape index (κ3) is 19.0. The van der Waals surface area contributed by atoms with Crippen LogP contribution in [-0.2, 0) is 44.8 Å².